The number of amides is 1. The van der Waals surface area contributed by atoms with E-state index in [4.69, 9.17) is 0 Å². The smallest absolute Gasteiger partial charge is 0.221 e. The van der Waals surface area contributed by atoms with Gasteiger partial charge >= 0.3 is 0 Å². The third-order valence-electron chi connectivity index (χ3n) is 4.64. The molecule has 2 rings (SSSR count). The zero-order valence-electron chi connectivity index (χ0n) is 14.6. The Morgan fingerprint density at radius 2 is 1.83 bits per heavy atom. The highest BCUT2D eigenvalue weighted by Crippen LogP contribution is 2.24. The normalized spacial score (nSPS) is 17.6. The second-order valence-electron chi connectivity index (χ2n) is 6.62. The lowest BCUT2D eigenvalue weighted by atomic mass is 9.95. The summed E-state index contributed by atoms with van der Waals surface area (Å²) in [6.45, 7) is 2.19. The average Bonchev–Trinajstić information content (AvgIpc) is 2.55. The minimum absolute atomic E-state index is 0.0492. The molecule has 0 saturated heterocycles. The lowest BCUT2D eigenvalue weighted by molar-refractivity contribution is -0.121. The van der Waals surface area contributed by atoms with E-state index in [0.717, 1.165) is 31.2 Å². The second kappa shape index (κ2) is 8.62. The summed E-state index contributed by atoms with van der Waals surface area (Å²) in [5, 5.41) is 2.95. The van der Waals surface area contributed by atoms with Crippen LogP contribution in [-0.4, -0.2) is 37.5 Å². The summed E-state index contributed by atoms with van der Waals surface area (Å²) in [6.07, 6.45) is 6.53. The van der Waals surface area contributed by atoms with E-state index < -0.39 is 10.0 Å². The molecule has 1 saturated carbocycles. The van der Waals surface area contributed by atoms with Crippen LogP contribution in [0.5, 0.6) is 0 Å². The Kier molecular flexibility index (Phi) is 6.80. The van der Waals surface area contributed by atoms with Crippen molar-refractivity contribution in [2.24, 2.45) is 0 Å². The van der Waals surface area contributed by atoms with E-state index in [-0.39, 0.29) is 31.0 Å². The van der Waals surface area contributed by atoms with E-state index in [2.05, 4.69) is 5.32 Å². The van der Waals surface area contributed by atoms with E-state index in [9.17, 15) is 13.2 Å². The molecule has 0 radical (unpaired) electrons. The molecule has 1 aromatic carbocycles. The van der Waals surface area contributed by atoms with Crippen molar-refractivity contribution >= 4 is 15.9 Å². The minimum atomic E-state index is -3.29. The fraction of sp³-hybridized carbons (Fsp3) is 0.611. The summed E-state index contributed by atoms with van der Waals surface area (Å²) in [4.78, 5) is 12.2. The fourth-order valence-corrected chi connectivity index (χ4v) is 4.51. The van der Waals surface area contributed by atoms with E-state index in [0.29, 0.717) is 0 Å². The highest BCUT2D eigenvalue weighted by atomic mass is 32.2. The molecule has 0 spiro atoms. The van der Waals surface area contributed by atoms with Crippen LogP contribution in [0.25, 0.3) is 0 Å². The molecule has 0 bridgehead atoms. The maximum Gasteiger partial charge on any atom is 0.221 e. The molecule has 0 heterocycles. The van der Waals surface area contributed by atoms with Gasteiger partial charge in [0.2, 0.25) is 15.9 Å². The SMILES string of the molecule is CC(NC(=O)CCN(C1CCCCC1)S(C)(=O)=O)c1ccccc1. The van der Waals surface area contributed by atoms with Gasteiger partial charge in [-0.1, -0.05) is 49.6 Å². The van der Waals surface area contributed by atoms with Crippen LogP contribution < -0.4 is 5.32 Å². The van der Waals surface area contributed by atoms with Crippen molar-refractivity contribution in [3.8, 4) is 0 Å². The van der Waals surface area contributed by atoms with Gasteiger partial charge in [-0.2, -0.15) is 4.31 Å². The van der Waals surface area contributed by atoms with Crippen molar-refractivity contribution in [1.82, 2.24) is 9.62 Å². The highest BCUT2D eigenvalue weighted by Gasteiger charge is 2.28. The number of carbonyl (C=O) groups is 1. The first-order chi connectivity index (χ1) is 11.4. The predicted molar refractivity (Wildman–Crippen MR) is 96.0 cm³/mol. The molecule has 24 heavy (non-hydrogen) atoms. The van der Waals surface area contributed by atoms with Crippen LogP contribution in [0.15, 0.2) is 30.3 Å². The molecule has 1 N–H and O–H groups in total. The molecule has 1 fully saturated rings. The van der Waals surface area contributed by atoms with Crippen molar-refractivity contribution in [3.05, 3.63) is 35.9 Å². The topological polar surface area (TPSA) is 66.5 Å². The largest absolute Gasteiger partial charge is 0.350 e. The van der Waals surface area contributed by atoms with Gasteiger partial charge in [0.25, 0.3) is 0 Å². The number of sulfonamides is 1. The lowest BCUT2D eigenvalue weighted by Crippen LogP contribution is -2.43. The number of hydrogen-bond donors (Lipinski definition) is 1. The first-order valence-electron chi connectivity index (χ1n) is 8.69. The maximum atomic E-state index is 12.2. The Balaban J connectivity index is 1.90. The highest BCUT2D eigenvalue weighted by molar-refractivity contribution is 7.88. The summed E-state index contributed by atoms with van der Waals surface area (Å²) < 4.78 is 25.7. The summed E-state index contributed by atoms with van der Waals surface area (Å²) in [5.74, 6) is -0.115. The van der Waals surface area contributed by atoms with Crippen molar-refractivity contribution in [2.45, 2.75) is 57.5 Å². The van der Waals surface area contributed by atoms with E-state index in [1.54, 1.807) is 0 Å². The van der Waals surface area contributed by atoms with Crippen molar-refractivity contribution in [3.63, 3.8) is 0 Å². The molecule has 1 amide bonds. The van der Waals surface area contributed by atoms with Crippen LogP contribution in [0.3, 0.4) is 0 Å². The molecular formula is C18H28N2O3S. The number of rotatable bonds is 7. The van der Waals surface area contributed by atoms with Gasteiger partial charge in [-0.25, -0.2) is 8.42 Å². The number of nitrogens with one attached hydrogen (secondary N) is 1. The van der Waals surface area contributed by atoms with Crippen LogP contribution in [0, 0.1) is 0 Å². The Bertz CT molecular complexity index is 625. The Morgan fingerprint density at radius 3 is 2.42 bits per heavy atom. The second-order valence-corrected chi connectivity index (χ2v) is 8.55. The Morgan fingerprint density at radius 1 is 1.21 bits per heavy atom. The zero-order chi connectivity index (χ0) is 17.6. The van der Waals surface area contributed by atoms with Gasteiger partial charge in [-0.15, -0.1) is 0 Å². The van der Waals surface area contributed by atoms with Gasteiger partial charge in [0.1, 0.15) is 0 Å². The van der Waals surface area contributed by atoms with Gasteiger partial charge in [-0.05, 0) is 25.3 Å². The fourth-order valence-electron chi connectivity index (χ4n) is 3.34. The Labute approximate surface area is 145 Å². The average molecular weight is 352 g/mol. The monoisotopic (exact) mass is 352 g/mol. The first kappa shape index (κ1) is 18.9. The van der Waals surface area contributed by atoms with Crippen molar-refractivity contribution < 1.29 is 13.2 Å². The summed E-state index contributed by atoms with van der Waals surface area (Å²) in [7, 11) is -3.29. The molecule has 134 valence electrons. The van der Waals surface area contributed by atoms with Crippen LogP contribution in [0.4, 0.5) is 0 Å². The number of benzene rings is 1. The molecule has 1 aliphatic rings. The Hall–Kier alpha value is -1.40. The quantitative estimate of drug-likeness (QED) is 0.820. The van der Waals surface area contributed by atoms with Crippen molar-refractivity contribution in [1.29, 1.82) is 0 Å². The van der Waals surface area contributed by atoms with Crippen LogP contribution in [0.2, 0.25) is 0 Å². The standard InChI is InChI=1S/C18H28N2O3S/c1-15(16-9-5-3-6-10-16)19-18(21)13-14-20(24(2,22)23)17-11-7-4-8-12-17/h3,5-6,9-10,15,17H,4,7-8,11-14H2,1-2H3,(H,19,21). The van der Waals surface area contributed by atoms with E-state index >= 15 is 0 Å². The first-order valence-corrected chi connectivity index (χ1v) is 10.5. The summed E-state index contributed by atoms with van der Waals surface area (Å²) >= 11 is 0. The van der Waals surface area contributed by atoms with E-state index in [1.807, 2.05) is 37.3 Å². The molecule has 5 nitrogen and oxygen atoms in total. The third-order valence-corrected chi connectivity index (χ3v) is 5.98. The molecule has 6 heteroatoms. The number of hydrogen-bond acceptors (Lipinski definition) is 3. The number of nitrogens with zero attached hydrogens (tertiary/aromatic N) is 1. The molecule has 0 aromatic heterocycles. The summed E-state index contributed by atoms with van der Waals surface area (Å²) in [5.41, 5.74) is 1.04. The van der Waals surface area contributed by atoms with Gasteiger partial charge in [-0.3, -0.25) is 4.79 Å². The zero-order valence-corrected chi connectivity index (χ0v) is 15.4. The molecule has 1 unspecified atom stereocenters. The van der Waals surface area contributed by atoms with Crippen molar-refractivity contribution in [2.75, 3.05) is 12.8 Å². The van der Waals surface area contributed by atoms with Crippen LogP contribution in [-0.2, 0) is 14.8 Å². The van der Waals surface area contributed by atoms with Gasteiger partial charge in [0.05, 0.1) is 12.3 Å². The molecule has 0 aliphatic heterocycles. The van der Waals surface area contributed by atoms with Crippen LogP contribution >= 0.6 is 0 Å². The summed E-state index contributed by atoms with van der Waals surface area (Å²) in [6, 6.07) is 9.71. The molecule has 1 aliphatic carbocycles. The van der Waals surface area contributed by atoms with Gasteiger partial charge in [0, 0.05) is 19.0 Å². The maximum absolute atomic E-state index is 12.2. The van der Waals surface area contributed by atoms with Gasteiger partial charge in [0.15, 0.2) is 0 Å². The molecule has 1 atom stereocenters. The minimum Gasteiger partial charge on any atom is -0.350 e. The van der Waals surface area contributed by atoms with E-state index in [1.165, 1.54) is 17.0 Å². The predicted octanol–water partition coefficient (Wildman–Crippen LogP) is 2.85. The lowest BCUT2D eigenvalue weighted by Gasteiger charge is -2.32. The van der Waals surface area contributed by atoms with Gasteiger partial charge < -0.3 is 5.32 Å². The number of carbonyl (C=O) groups excluding carboxylic acids is 1. The van der Waals surface area contributed by atoms with Crippen LogP contribution in [0.1, 0.15) is 57.1 Å². The molecular weight excluding hydrogens is 324 g/mol. The third kappa shape index (κ3) is 5.60. The molecule has 1 aromatic rings.